The predicted octanol–water partition coefficient (Wildman–Crippen LogP) is 1.26. The molecule has 5 heteroatoms. The van der Waals surface area contributed by atoms with Crippen molar-refractivity contribution in [1.29, 1.82) is 0 Å². The maximum atomic E-state index is 11.9. The van der Waals surface area contributed by atoms with Gasteiger partial charge in [0.15, 0.2) is 0 Å². The van der Waals surface area contributed by atoms with Crippen molar-refractivity contribution in [3.63, 3.8) is 0 Å². The summed E-state index contributed by atoms with van der Waals surface area (Å²) in [6, 6.07) is 7.99. The predicted molar refractivity (Wildman–Crippen MR) is 67.2 cm³/mol. The Morgan fingerprint density at radius 2 is 2.17 bits per heavy atom. The first-order chi connectivity index (χ1) is 8.66. The van der Waals surface area contributed by atoms with Crippen LogP contribution in [0, 0.1) is 0 Å². The monoisotopic (exact) mass is 243 g/mol. The molecule has 0 spiro atoms. The van der Waals surface area contributed by atoms with Gasteiger partial charge in [0.25, 0.3) is 5.91 Å². The van der Waals surface area contributed by atoms with E-state index in [-0.39, 0.29) is 23.2 Å². The van der Waals surface area contributed by atoms with Crippen LogP contribution in [0.1, 0.15) is 29.0 Å². The van der Waals surface area contributed by atoms with Gasteiger partial charge in [0.1, 0.15) is 5.69 Å². The first kappa shape index (κ1) is 12.0. The minimum absolute atomic E-state index is 0.171. The van der Waals surface area contributed by atoms with Gasteiger partial charge in [-0.15, -0.1) is 0 Å². The number of carbonyl (C=O) groups is 1. The van der Waals surface area contributed by atoms with Crippen molar-refractivity contribution in [1.82, 2.24) is 15.3 Å². The Bertz CT molecular complexity index is 592. The molecule has 2 N–H and O–H groups in total. The van der Waals surface area contributed by atoms with Crippen LogP contribution in [-0.2, 0) is 0 Å². The Hall–Kier alpha value is -2.43. The number of H-pyrrole nitrogens is 1. The lowest BCUT2D eigenvalue weighted by Gasteiger charge is -2.13. The second-order valence-electron chi connectivity index (χ2n) is 3.91. The van der Waals surface area contributed by atoms with E-state index < -0.39 is 0 Å². The summed E-state index contributed by atoms with van der Waals surface area (Å²) in [6.07, 6.45) is 3.37. The lowest BCUT2D eigenvalue weighted by molar-refractivity contribution is 0.0934. The molecule has 1 unspecified atom stereocenters. The Kier molecular flexibility index (Phi) is 3.52. The van der Waals surface area contributed by atoms with Crippen LogP contribution in [0.4, 0.5) is 0 Å². The van der Waals surface area contributed by atoms with Crippen molar-refractivity contribution in [2.75, 3.05) is 0 Å². The highest BCUT2D eigenvalue weighted by atomic mass is 16.2. The van der Waals surface area contributed by atoms with E-state index in [4.69, 9.17) is 0 Å². The molecule has 2 rings (SSSR count). The van der Waals surface area contributed by atoms with Gasteiger partial charge >= 0.3 is 0 Å². The molecule has 0 fully saturated rings. The van der Waals surface area contributed by atoms with Crippen molar-refractivity contribution in [3.05, 3.63) is 64.3 Å². The summed E-state index contributed by atoms with van der Waals surface area (Å²) in [6.45, 7) is 1.86. The molecule has 0 aromatic carbocycles. The summed E-state index contributed by atoms with van der Waals surface area (Å²) < 4.78 is 0. The quantitative estimate of drug-likeness (QED) is 0.852. The molecule has 5 nitrogen and oxygen atoms in total. The summed E-state index contributed by atoms with van der Waals surface area (Å²) in [5.41, 5.74) is 0.860. The van der Waals surface area contributed by atoms with Gasteiger partial charge in [0.05, 0.1) is 6.04 Å². The number of nitrogens with zero attached hydrogens (tertiary/aromatic N) is 1. The molecule has 2 aromatic heterocycles. The fourth-order valence-electron chi connectivity index (χ4n) is 1.57. The van der Waals surface area contributed by atoms with Gasteiger partial charge < -0.3 is 10.3 Å². The number of hydrogen-bond donors (Lipinski definition) is 2. The van der Waals surface area contributed by atoms with Crippen LogP contribution in [0.25, 0.3) is 0 Å². The Morgan fingerprint density at radius 3 is 2.83 bits per heavy atom. The standard InChI is InChI=1S/C13H13N3O2/c1-9(10-4-3-7-14-8-10)15-13(18)11-5-2-6-12(17)16-11/h2-9H,1H3,(H,15,18)(H,16,17). The molecule has 0 aliphatic heterocycles. The van der Waals surface area contributed by atoms with E-state index in [1.165, 1.54) is 6.07 Å². The van der Waals surface area contributed by atoms with Crippen LogP contribution >= 0.6 is 0 Å². The van der Waals surface area contributed by atoms with Crippen LogP contribution in [-0.4, -0.2) is 15.9 Å². The minimum Gasteiger partial charge on any atom is -0.344 e. The number of pyridine rings is 2. The highest BCUT2D eigenvalue weighted by Crippen LogP contribution is 2.10. The molecule has 2 heterocycles. The fraction of sp³-hybridized carbons (Fsp3) is 0.154. The third-order valence-electron chi connectivity index (χ3n) is 2.55. The summed E-state index contributed by atoms with van der Waals surface area (Å²) in [5, 5.41) is 2.79. The molecule has 1 amide bonds. The highest BCUT2D eigenvalue weighted by Gasteiger charge is 2.11. The largest absolute Gasteiger partial charge is 0.344 e. The van der Waals surface area contributed by atoms with Gasteiger partial charge in [-0.3, -0.25) is 14.6 Å². The second-order valence-corrected chi connectivity index (χ2v) is 3.91. The Morgan fingerprint density at radius 1 is 1.33 bits per heavy atom. The number of carbonyl (C=O) groups excluding carboxylic acids is 1. The number of rotatable bonds is 3. The van der Waals surface area contributed by atoms with Crippen molar-refractivity contribution < 1.29 is 4.79 Å². The van der Waals surface area contributed by atoms with Crippen LogP contribution < -0.4 is 10.9 Å². The van der Waals surface area contributed by atoms with Gasteiger partial charge in [0, 0.05) is 18.5 Å². The normalized spacial score (nSPS) is 11.8. The molecule has 0 aliphatic carbocycles. The molecule has 1 atom stereocenters. The zero-order chi connectivity index (χ0) is 13.0. The lowest BCUT2D eigenvalue weighted by Crippen LogP contribution is -2.28. The number of aromatic nitrogens is 2. The van der Waals surface area contributed by atoms with Crippen LogP contribution in [0.2, 0.25) is 0 Å². The van der Waals surface area contributed by atoms with Crippen molar-refractivity contribution in [2.45, 2.75) is 13.0 Å². The third kappa shape index (κ3) is 2.82. The highest BCUT2D eigenvalue weighted by molar-refractivity contribution is 5.92. The van der Waals surface area contributed by atoms with Gasteiger partial charge in [0.2, 0.25) is 5.56 Å². The lowest BCUT2D eigenvalue weighted by atomic mass is 10.1. The first-order valence-electron chi connectivity index (χ1n) is 5.57. The zero-order valence-corrected chi connectivity index (χ0v) is 9.88. The minimum atomic E-state index is -0.316. The molecule has 18 heavy (non-hydrogen) atoms. The molecule has 0 saturated heterocycles. The van der Waals surface area contributed by atoms with Gasteiger partial charge in [-0.05, 0) is 24.6 Å². The Labute approximate surface area is 104 Å². The Balaban J connectivity index is 2.11. The van der Waals surface area contributed by atoms with E-state index in [1.807, 2.05) is 19.1 Å². The van der Waals surface area contributed by atoms with E-state index in [1.54, 1.807) is 24.5 Å². The maximum Gasteiger partial charge on any atom is 0.268 e. The second kappa shape index (κ2) is 5.27. The zero-order valence-electron chi connectivity index (χ0n) is 9.88. The number of nitrogens with one attached hydrogen (secondary N) is 2. The number of amides is 1. The van der Waals surface area contributed by atoms with Crippen LogP contribution in [0.5, 0.6) is 0 Å². The molecule has 0 saturated carbocycles. The van der Waals surface area contributed by atoms with Gasteiger partial charge in [-0.25, -0.2) is 0 Å². The summed E-state index contributed by atoms with van der Waals surface area (Å²) >= 11 is 0. The van der Waals surface area contributed by atoms with Gasteiger partial charge in [-0.2, -0.15) is 0 Å². The van der Waals surface area contributed by atoms with E-state index in [2.05, 4.69) is 15.3 Å². The van der Waals surface area contributed by atoms with Crippen LogP contribution in [0.3, 0.4) is 0 Å². The summed E-state index contributed by atoms with van der Waals surface area (Å²) in [4.78, 5) is 29.5. The molecule has 2 aromatic rings. The fourth-order valence-corrected chi connectivity index (χ4v) is 1.57. The molecule has 0 bridgehead atoms. The smallest absolute Gasteiger partial charge is 0.268 e. The van der Waals surface area contributed by atoms with Gasteiger partial charge in [-0.1, -0.05) is 12.1 Å². The van der Waals surface area contributed by atoms with E-state index in [0.29, 0.717) is 0 Å². The molecular formula is C13H13N3O2. The van der Waals surface area contributed by atoms with Crippen molar-refractivity contribution in [3.8, 4) is 0 Å². The van der Waals surface area contributed by atoms with Crippen molar-refractivity contribution >= 4 is 5.91 Å². The average Bonchev–Trinajstić information content (AvgIpc) is 2.39. The van der Waals surface area contributed by atoms with E-state index in [9.17, 15) is 9.59 Å². The molecule has 92 valence electrons. The topological polar surface area (TPSA) is 74.8 Å². The SMILES string of the molecule is CC(NC(=O)c1cccc(=O)[nH]1)c1cccnc1. The molecular weight excluding hydrogens is 230 g/mol. The molecule has 0 radical (unpaired) electrons. The maximum absolute atomic E-state index is 11.9. The first-order valence-corrected chi connectivity index (χ1v) is 5.57. The van der Waals surface area contributed by atoms with E-state index in [0.717, 1.165) is 5.56 Å². The number of hydrogen-bond acceptors (Lipinski definition) is 3. The third-order valence-corrected chi connectivity index (χ3v) is 2.55. The van der Waals surface area contributed by atoms with Crippen LogP contribution in [0.15, 0.2) is 47.5 Å². The summed E-state index contributed by atoms with van der Waals surface area (Å²) in [5.74, 6) is -0.316. The van der Waals surface area contributed by atoms with Crippen molar-refractivity contribution in [2.24, 2.45) is 0 Å². The number of aromatic amines is 1. The average molecular weight is 243 g/mol. The molecule has 0 aliphatic rings. The summed E-state index contributed by atoms with van der Waals surface area (Å²) in [7, 11) is 0. The van der Waals surface area contributed by atoms with E-state index >= 15 is 0 Å².